The summed E-state index contributed by atoms with van der Waals surface area (Å²) in [5.41, 5.74) is 7.62. The second-order valence-electron chi connectivity index (χ2n) is 9.58. The van der Waals surface area contributed by atoms with Crippen molar-refractivity contribution >= 4 is 42.7 Å². The lowest BCUT2D eigenvalue weighted by molar-refractivity contribution is -0.0600. The Bertz CT molecular complexity index is 1750. The Labute approximate surface area is 247 Å². The first kappa shape index (κ1) is 28.0. The third-order valence-electron chi connectivity index (χ3n) is 6.85. The highest BCUT2D eigenvalue weighted by atomic mass is 31.0. The van der Waals surface area contributed by atoms with E-state index in [9.17, 15) is 14.4 Å². The molecule has 0 amide bonds. The van der Waals surface area contributed by atoms with Crippen molar-refractivity contribution in [3.05, 3.63) is 120 Å². The number of hydrogen-bond donors (Lipinski definition) is 1. The molecular formula is C31H25N4O7P. The van der Waals surface area contributed by atoms with Crippen molar-refractivity contribution < 1.29 is 33.3 Å². The van der Waals surface area contributed by atoms with Gasteiger partial charge in [0.1, 0.15) is 29.8 Å². The van der Waals surface area contributed by atoms with Crippen LogP contribution in [-0.2, 0) is 18.9 Å². The van der Waals surface area contributed by atoms with Gasteiger partial charge in [-0.2, -0.15) is 0 Å². The van der Waals surface area contributed by atoms with Gasteiger partial charge in [0.2, 0.25) is 0 Å². The second kappa shape index (κ2) is 12.4. The summed E-state index contributed by atoms with van der Waals surface area (Å²) in [7, 11) is 0.706. The lowest BCUT2D eigenvalue weighted by Crippen LogP contribution is -2.41. The molecule has 1 aliphatic rings. The molecule has 11 nitrogen and oxygen atoms in total. The van der Waals surface area contributed by atoms with Gasteiger partial charge in [0.25, 0.3) is 0 Å². The van der Waals surface area contributed by atoms with Crippen molar-refractivity contribution in [2.24, 2.45) is 0 Å². The predicted octanol–water partition coefficient (Wildman–Crippen LogP) is 4.80. The number of fused-ring (bicyclic) bond motifs is 1. The molecule has 12 heteroatoms. The molecule has 1 aliphatic heterocycles. The van der Waals surface area contributed by atoms with Gasteiger partial charge in [-0.1, -0.05) is 54.6 Å². The van der Waals surface area contributed by atoms with E-state index >= 15 is 0 Å². The largest absolute Gasteiger partial charge is 0.459 e. The normalized spacial score (nSPS) is 19.7. The van der Waals surface area contributed by atoms with Crippen LogP contribution in [0.15, 0.2) is 103 Å². The van der Waals surface area contributed by atoms with Gasteiger partial charge in [-0.05, 0) is 44.6 Å². The fourth-order valence-electron chi connectivity index (χ4n) is 4.77. The van der Waals surface area contributed by atoms with E-state index in [0.29, 0.717) is 30.1 Å². The highest BCUT2D eigenvalue weighted by Crippen LogP contribution is 2.39. The van der Waals surface area contributed by atoms with Crippen molar-refractivity contribution in [1.82, 2.24) is 14.5 Å². The highest BCUT2D eigenvalue weighted by Gasteiger charge is 2.51. The number of rotatable bonds is 8. The Morgan fingerprint density at radius 1 is 0.767 bits per heavy atom. The van der Waals surface area contributed by atoms with Crippen molar-refractivity contribution in [3.8, 4) is 0 Å². The molecule has 3 heterocycles. The second-order valence-corrected chi connectivity index (χ2v) is 10.5. The molecule has 0 bridgehead atoms. The molecule has 2 aromatic heterocycles. The summed E-state index contributed by atoms with van der Waals surface area (Å²) in [6.45, 7) is -0.296. The number of carbonyl (C=O) groups excluding carboxylic acids is 3. The minimum atomic E-state index is -1.17. The maximum Gasteiger partial charge on any atom is 0.338 e. The zero-order valence-electron chi connectivity index (χ0n) is 22.6. The Morgan fingerprint density at radius 3 is 1.88 bits per heavy atom. The minimum absolute atomic E-state index is 0.194. The van der Waals surface area contributed by atoms with Crippen LogP contribution in [0.25, 0.3) is 10.8 Å². The lowest BCUT2D eigenvalue weighted by Gasteiger charge is -2.25. The van der Waals surface area contributed by atoms with Crippen LogP contribution in [-0.4, -0.2) is 57.4 Å². The van der Waals surface area contributed by atoms with Gasteiger partial charge in [-0.15, -0.1) is 0 Å². The molecule has 2 N–H and O–H groups in total. The SMILES string of the molecule is Nc1ncnc2pcn([C@@H]3O[C@H](COC(=O)c4ccccc4)[C@@H](OC(=O)c4ccccc4)[C@H]3OC(=O)c3ccccc3)c12. The monoisotopic (exact) mass is 596 g/mol. The number of esters is 3. The number of hydrogen-bond acceptors (Lipinski definition) is 10. The summed E-state index contributed by atoms with van der Waals surface area (Å²) < 4.78 is 25.6. The lowest BCUT2D eigenvalue weighted by atomic mass is 10.1. The number of ether oxygens (including phenoxy) is 4. The summed E-state index contributed by atoms with van der Waals surface area (Å²) in [5, 5.41) is 0.626. The average molecular weight is 597 g/mol. The maximum atomic E-state index is 13.3. The molecule has 43 heavy (non-hydrogen) atoms. The number of nitrogens with two attached hydrogens (primary N) is 1. The number of anilines is 1. The first-order valence-electron chi connectivity index (χ1n) is 13.3. The number of nitrogens with zero attached hydrogens (tertiary/aromatic N) is 3. The van der Waals surface area contributed by atoms with Crippen LogP contribution in [0.4, 0.5) is 5.82 Å². The number of aromatic nitrogens is 3. The summed E-state index contributed by atoms with van der Waals surface area (Å²) >= 11 is 0. The zero-order chi connectivity index (χ0) is 29.8. The Morgan fingerprint density at radius 2 is 1.30 bits per heavy atom. The van der Waals surface area contributed by atoms with Crippen molar-refractivity contribution in [1.29, 1.82) is 0 Å². The molecule has 0 saturated carbocycles. The first-order chi connectivity index (χ1) is 21.0. The van der Waals surface area contributed by atoms with Gasteiger partial charge >= 0.3 is 17.9 Å². The average Bonchev–Trinajstić information content (AvgIpc) is 3.63. The van der Waals surface area contributed by atoms with Gasteiger partial charge in [0, 0.05) is 5.93 Å². The standard InChI is InChI=1S/C31H25N4O7P/c32-26-23-27(34-17-33-26)43-18-35(23)28-25(42-31(38)21-14-8-3-9-15-21)24(41-30(37)20-12-6-2-7-13-20)22(40-28)16-39-29(36)19-10-4-1-5-11-19/h1-15,17-18,22,24-25,28H,16H2,(H2,32,33,34)/t22-,24-,25-,28-/m1/s1. The van der Waals surface area contributed by atoms with Crippen LogP contribution < -0.4 is 5.73 Å². The van der Waals surface area contributed by atoms with E-state index in [-0.39, 0.29) is 18.0 Å². The third-order valence-corrected chi connectivity index (χ3v) is 7.78. The van der Waals surface area contributed by atoms with E-state index in [1.54, 1.807) is 101 Å². The van der Waals surface area contributed by atoms with Gasteiger partial charge in [-0.3, -0.25) is 0 Å². The molecule has 5 aromatic rings. The van der Waals surface area contributed by atoms with Gasteiger partial charge in [0.15, 0.2) is 24.3 Å². The maximum absolute atomic E-state index is 13.3. The molecule has 3 aromatic carbocycles. The van der Waals surface area contributed by atoms with Crippen LogP contribution >= 0.6 is 8.19 Å². The fraction of sp³-hybridized carbons (Fsp3) is 0.161. The Balaban J connectivity index is 1.38. The molecule has 0 radical (unpaired) electrons. The number of carbonyl (C=O) groups is 3. The molecule has 6 rings (SSSR count). The molecule has 4 atom stereocenters. The van der Waals surface area contributed by atoms with Crippen molar-refractivity contribution in [3.63, 3.8) is 0 Å². The fourth-order valence-corrected chi connectivity index (χ4v) is 5.72. The number of nitrogen functional groups attached to an aromatic ring is 1. The smallest absolute Gasteiger partial charge is 0.338 e. The Kier molecular flexibility index (Phi) is 8.08. The molecule has 216 valence electrons. The van der Waals surface area contributed by atoms with Gasteiger partial charge in [0.05, 0.1) is 16.7 Å². The topological polar surface area (TPSA) is 145 Å². The molecule has 0 unspecified atom stereocenters. The molecule has 0 aliphatic carbocycles. The van der Waals surface area contributed by atoms with Gasteiger partial charge in [-0.25, -0.2) is 24.4 Å². The van der Waals surface area contributed by atoms with Crippen LogP contribution in [0.5, 0.6) is 0 Å². The van der Waals surface area contributed by atoms with Crippen LogP contribution in [0.1, 0.15) is 37.3 Å². The van der Waals surface area contributed by atoms with E-state index < -0.39 is 42.4 Å². The van der Waals surface area contributed by atoms with Crippen molar-refractivity contribution in [2.75, 3.05) is 12.3 Å². The van der Waals surface area contributed by atoms with E-state index in [4.69, 9.17) is 24.7 Å². The summed E-state index contributed by atoms with van der Waals surface area (Å²) in [6.07, 6.45) is -3.02. The van der Waals surface area contributed by atoms with Crippen LogP contribution in [0.2, 0.25) is 0 Å². The summed E-state index contributed by atoms with van der Waals surface area (Å²) in [4.78, 5) is 47.9. The highest BCUT2D eigenvalue weighted by molar-refractivity contribution is 7.35. The Hall–Kier alpha value is -5.12. The minimum Gasteiger partial charge on any atom is -0.459 e. The predicted molar refractivity (Wildman–Crippen MR) is 156 cm³/mol. The van der Waals surface area contributed by atoms with E-state index in [0.717, 1.165) is 0 Å². The van der Waals surface area contributed by atoms with Gasteiger partial charge < -0.3 is 29.2 Å². The zero-order valence-corrected chi connectivity index (χ0v) is 23.4. The quantitative estimate of drug-likeness (QED) is 0.196. The summed E-state index contributed by atoms with van der Waals surface area (Å²) in [5.74, 6) is 0.0450. The number of benzene rings is 3. The molecule has 0 spiro atoms. The third kappa shape index (κ3) is 5.94. The molecule has 1 fully saturated rings. The summed E-state index contributed by atoms with van der Waals surface area (Å²) in [6, 6.07) is 25.3. The van der Waals surface area contributed by atoms with Crippen molar-refractivity contribution in [2.45, 2.75) is 24.5 Å². The van der Waals surface area contributed by atoms with E-state index in [1.165, 1.54) is 6.33 Å². The molecular weight excluding hydrogens is 571 g/mol. The molecule has 1 saturated heterocycles. The van der Waals surface area contributed by atoms with E-state index in [2.05, 4.69) is 9.97 Å². The van der Waals surface area contributed by atoms with Crippen LogP contribution in [0.3, 0.4) is 0 Å². The van der Waals surface area contributed by atoms with Crippen LogP contribution in [0, 0.1) is 0 Å². The van der Waals surface area contributed by atoms with E-state index in [1.807, 2.05) is 0 Å². The first-order valence-corrected chi connectivity index (χ1v) is 14.3.